The number of phenols is 1. The summed E-state index contributed by atoms with van der Waals surface area (Å²) in [5.41, 5.74) is 3.11. The normalized spacial score (nSPS) is 10.7. The highest BCUT2D eigenvalue weighted by molar-refractivity contribution is 5.83. The van der Waals surface area contributed by atoms with E-state index in [1.54, 1.807) is 31.2 Å². The molecule has 1 heterocycles. The molecule has 0 unspecified atom stereocenters. The lowest BCUT2D eigenvalue weighted by molar-refractivity contribution is 0.474. The van der Waals surface area contributed by atoms with Crippen LogP contribution in [0.15, 0.2) is 34.2 Å². The van der Waals surface area contributed by atoms with Gasteiger partial charge in [-0.05, 0) is 19.1 Å². The number of para-hydroxylation sites is 1. The van der Waals surface area contributed by atoms with Crippen LogP contribution >= 0.6 is 0 Å². The van der Waals surface area contributed by atoms with Crippen molar-refractivity contribution in [3.05, 3.63) is 46.0 Å². The van der Waals surface area contributed by atoms with Gasteiger partial charge in [-0.25, -0.2) is 9.89 Å². The maximum absolute atomic E-state index is 11.0. The van der Waals surface area contributed by atoms with E-state index >= 15 is 0 Å². The van der Waals surface area contributed by atoms with Crippen LogP contribution in [0.3, 0.4) is 0 Å². The fourth-order valence-corrected chi connectivity index (χ4v) is 1.26. The first kappa shape index (κ1) is 11.8. The second-order valence-corrected chi connectivity index (χ2v) is 3.50. The van der Waals surface area contributed by atoms with Gasteiger partial charge in [-0.15, -0.1) is 0 Å². The fraction of sp³-hybridized carbons (Fsp3) is 0.0909. The van der Waals surface area contributed by atoms with Crippen molar-refractivity contribution in [2.45, 2.75) is 6.92 Å². The number of aromatic nitrogens is 3. The molecule has 0 aliphatic carbocycles. The monoisotopic (exact) mass is 245 g/mol. The van der Waals surface area contributed by atoms with Crippen LogP contribution in [0.1, 0.15) is 11.3 Å². The molecular formula is C11H11N5O2. The minimum absolute atomic E-state index is 0.122. The first-order chi connectivity index (χ1) is 8.66. The lowest BCUT2D eigenvalue weighted by Crippen LogP contribution is -2.15. The Balaban J connectivity index is 2.15. The van der Waals surface area contributed by atoms with Crippen LogP contribution in [0.25, 0.3) is 0 Å². The number of nitrogens with one attached hydrogen (secondary N) is 2. The van der Waals surface area contributed by atoms with Gasteiger partial charge < -0.3 is 5.11 Å². The molecule has 0 fully saturated rings. The second kappa shape index (κ2) is 5.09. The molecule has 1 aromatic carbocycles. The van der Waals surface area contributed by atoms with Crippen LogP contribution < -0.4 is 11.1 Å². The summed E-state index contributed by atoms with van der Waals surface area (Å²) < 4.78 is 0. The molecule has 0 aliphatic heterocycles. The molecule has 0 spiro atoms. The van der Waals surface area contributed by atoms with Crippen molar-refractivity contribution >= 4 is 12.0 Å². The minimum Gasteiger partial charge on any atom is -0.507 e. The zero-order valence-corrected chi connectivity index (χ0v) is 9.58. The SMILES string of the molecule is Cc1n[nH]c(=O)nc1N/N=C/c1ccccc1O. The lowest BCUT2D eigenvalue weighted by atomic mass is 10.2. The topological polar surface area (TPSA) is 103 Å². The maximum Gasteiger partial charge on any atom is 0.363 e. The standard InChI is InChI=1S/C11H11N5O2/c1-7-10(13-11(18)16-14-7)15-12-6-8-4-2-3-5-9(8)17/h2-6,17H,1H3,(H2,13,15,16,18)/b12-6+. The average molecular weight is 245 g/mol. The Labute approximate surface area is 102 Å². The Morgan fingerprint density at radius 3 is 3.00 bits per heavy atom. The van der Waals surface area contributed by atoms with Gasteiger partial charge in [0.15, 0.2) is 5.82 Å². The molecule has 0 bridgehead atoms. The average Bonchev–Trinajstić information content (AvgIpc) is 2.36. The Bertz CT molecular complexity index is 635. The number of hydrazone groups is 1. The van der Waals surface area contributed by atoms with Crippen LogP contribution in [-0.2, 0) is 0 Å². The van der Waals surface area contributed by atoms with Crippen molar-refractivity contribution in [3.63, 3.8) is 0 Å². The third kappa shape index (κ3) is 2.70. The molecule has 0 amide bonds. The summed E-state index contributed by atoms with van der Waals surface area (Å²) in [5.74, 6) is 0.391. The largest absolute Gasteiger partial charge is 0.507 e. The predicted molar refractivity (Wildman–Crippen MR) is 66.7 cm³/mol. The second-order valence-electron chi connectivity index (χ2n) is 3.50. The Hall–Kier alpha value is -2.70. The van der Waals surface area contributed by atoms with Crippen LogP contribution in [0.4, 0.5) is 5.82 Å². The predicted octanol–water partition coefficient (Wildman–Crippen LogP) is 0.625. The molecule has 1 aromatic heterocycles. The van der Waals surface area contributed by atoms with E-state index in [1.807, 2.05) is 0 Å². The third-order valence-electron chi connectivity index (χ3n) is 2.19. The number of H-pyrrole nitrogens is 1. The van der Waals surface area contributed by atoms with E-state index in [2.05, 4.69) is 25.7 Å². The highest BCUT2D eigenvalue weighted by atomic mass is 16.3. The van der Waals surface area contributed by atoms with Crippen molar-refractivity contribution in [1.29, 1.82) is 0 Å². The number of rotatable bonds is 3. The summed E-state index contributed by atoms with van der Waals surface area (Å²) >= 11 is 0. The Morgan fingerprint density at radius 1 is 1.44 bits per heavy atom. The van der Waals surface area contributed by atoms with Crippen LogP contribution in [0, 0.1) is 6.92 Å². The van der Waals surface area contributed by atoms with Crippen molar-refractivity contribution in [3.8, 4) is 5.75 Å². The van der Waals surface area contributed by atoms with Gasteiger partial charge in [-0.3, -0.25) is 5.43 Å². The van der Waals surface area contributed by atoms with E-state index in [0.29, 0.717) is 11.3 Å². The van der Waals surface area contributed by atoms with Gasteiger partial charge in [0.2, 0.25) is 0 Å². The molecule has 0 saturated carbocycles. The number of aromatic hydroxyl groups is 1. The molecule has 0 atom stereocenters. The summed E-state index contributed by atoms with van der Waals surface area (Å²) in [5, 5.41) is 19.3. The number of anilines is 1. The number of aromatic amines is 1. The van der Waals surface area contributed by atoms with E-state index < -0.39 is 5.69 Å². The quantitative estimate of drug-likeness (QED) is 0.543. The van der Waals surface area contributed by atoms with Crippen molar-refractivity contribution in [2.75, 3.05) is 5.43 Å². The third-order valence-corrected chi connectivity index (χ3v) is 2.19. The van der Waals surface area contributed by atoms with Gasteiger partial charge in [0.1, 0.15) is 11.4 Å². The van der Waals surface area contributed by atoms with Gasteiger partial charge in [-0.1, -0.05) is 12.1 Å². The highest BCUT2D eigenvalue weighted by Crippen LogP contribution is 2.12. The van der Waals surface area contributed by atoms with Crippen molar-refractivity contribution < 1.29 is 5.11 Å². The maximum atomic E-state index is 11.0. The van der Waals surface area contributed by atoms with E-state index in [-0.39, 0.29) is 11.6 Å². The number of aryl methyl sites for hydroxylation is 1. The molecule has 18 heavy (non-hydrogen) atoms. The highest BCUT2D eigenvalue weighted by Gasteiger charge is 2.00. The first-order valence-electron chi connectivity index (χ1n) is 5.17. The van der Waals surface area contributed by atoms with Gasteiger partial charge in [0.05, 0.1) is 6.21 Å². The molecule has 2 aromatic rings. The van der Waals surface area contributed by atoms with Gasteiger partial charge in [0, 0.05) is 5.56 Å². The Kier molecular flexibility index (Phi) is 3.33. The lowest BCUT2D eigenvalue weighted by Gasteiger charge is -2.01. The van der Waals surface area contributed by atoms with Gasteiger partial charge in [-0.2, -0.15) is 15.2 Å². The van der Waals surface area contributed by atoms with E-state index in [0.717, 1.165) is 0 Å². The van der Waals surface area contributed by atoms with Crippen molar-refractivity contribution in [1.82, 2.24) is 15.2 Å². The molecule has 92 valence electrons. The fourth-order valence-electron chi connectivity index (χ4n) is 1.26. The molecule has 3 N–H and O–H groups in total. The number of hydrogen-bond acceptors (Lipinski definition) is 6. The zero-order valence-electron chi connectivity index (χ0n) is 9.58. The van der Waals surface area contributed by atoms with E-state index in [9.17, 15) is 9.90 Å². The molecule has 0 saturated heterocycles. The summed E-state index contributed by atoms with van der Waals surface area (Å²) in [6, 6.07) is 6.75. The van der Waals surface area contributed by atoms with Crippen molar-refractivity contribution in [2.24, 2.45) is 5.10 Å². The van der Waals surface area contributed by atoms with E-state index in [1.165, 1.54) is 6.21 Å². The van der Waals surface area contributed by atoms with E-state index in [4.69, 9.17) is 0 Å². The Morgan fingerprint density at radius 2 is 2.22 bits per heavy atom. The summed E-state index contributed by atoms with van der Waals surface area (Å²) in [7, 11) is 0. The van der Waals surface area contributed by atoms with Gasteiger partial charge in [0.25, 0.3) is 0 Å². The van der Waals surface area contributed by atoms with Crippen LogP contribution in [-0.4, -0.2) is 26.5 Å². The number of phenolic OH excluding ortho intramolecular Hbond substituents is 1. The summed E-state index contributed by atoms with van der Waals surface area (Å²) in [6.07, 6.45) is 1.43. The van der Waals surface area contributed by atoms with Crippen LogP contribution in [0.5, 0.6) is 5.75 Å². The smallest absolute Gasteiger partial charge is 0.363 e. The number of hydrogen-bond donors (Lipinski definition) is 3. The molecule has 7 nitrogen and oxygen atoms in total. The summed E-state index contributed by atoms with van der Waals surface area (Å²) in [6.45, 7) is 1.68. The minimum atomic E-state index is -0.555. The first-order valence-corrected chi connectivity index (χ1v) is 5.17. The number of benzene rings is 1. The molecule has 0 aliphatic rings. The molecule has 2 rings (SSSR count). The molecule has 7 heteroatoms. The number of nitrogens with zero attached hydrogens (tertiary/aromatic N) is 3. The molecule has 0 radical (unpaired) electrons. The molecular weight excluding hydrogens is 234 g/mol. The van der Waals surface area contributed by atoms with Gasteiger partial charge >= 0.3 is 5.69 Å². The zero-order chi connectivity index (χ0) is 13.0. The van der Waals surface area contributed by atoms with Crippen LogP contribution in [0.2, 0.25) is 0 Å². The summed E-state index contributed by atoms with van der Waals surface area (Å²) in [4.78, 5) is 14.6.